The molecule has 0 saturated carbocycles. The Morgan fingerprint density at radius 3 is 2.65 bits per heavy atom. The summed E-state index contributed by atoms with van der Waals surface area (Å²) in [6.07, 6.45) is 0. The first-order chi connectivity index (χ1) is 8.09. The zero-order valence-corrected chi connectivity index (χ0v) is 9.41. The van der Waals surface area contributed by atoms with E-state index in [0.29, 0.717) is 0 Å². The minimum absolute atomic E-state index is 0.0393. The van der Waals surface area contributed by atoms with Crippen molar-refractivity contribution in [2.75, 3.05) is 5.73 Å². The molecule has 0 radical (unpaired) electrons. The van der Waals surface area contributed by atoms with Crippen LogP contribution in [0.25, 0.3) is 0 Å². The first kappa shape index (κ1) is 11.5. The van der Waals surface area contributed by atoms with Crippen molar-refractivity contribution >= 4 is 23.1 Å². The fourth-order valence-corrected chi connectivity index (χ4v) is 1.55. The smallest absolute Gasteiger partial charge is 0.216 e. The fraction of sp³-hybridized carbons (Fsp3) is 0. The third-order valence-electron chi connectivity index (χ3n) is 2.23. The highest BCUT2D eigenvalue weighted by atomic mass is 35.5. The summed E-state index contributed by atoms with van der Waals surface area (Å²) in [7, 11) is 0. The van der Waals surface area contributed by atoms with Crippen LogP contribution in [0.1, 0.15) is 16.1 Å². The second-order valence-electron chi connectivity index (χ2n) is 3.38. The van der Waals surface area contributed by atoms with Gasteiger partial charge in [0.05, 0.1) is 11.3 Å². The van der Waals surface area contributed by atoms with Crippen LogP contribution in [0.3, 0.4) is 0 Å². The normalized spacial score (nSPS) is 10.2. The number of pyridine rings is 1. The molecule has 5 heteroatoms. The predicted octanol–water partition coefficient (Wildman–Crippen LogP) is 2.69. The molecule has 0 atom stereocenters. The topological polar surface area (TPSA) is 56.0 Å². The summed E-state index contributed by atoms with van der Waals surface area (Å²) < 4.78 is 13.4. The predicted molar refractivity (Wildman–Crippen MR) is 63.5 cm³/mol. The van der Waals surface area contributed by atoms with Crippen LogP contribution in [-0.2, 0) is 0 Å². The number of nitrogen functional groups attached to an aromatic ring is 1. The van der Waals surface area contributed by atoms with Crippen LogP contribution in [0.15, 0.2) is 36.4 Å². The van der Waals surface area contributed by atoms with Gasteiger partial charge in [-0.05, 0) is 24.3 Å². The van der Waals surface area contributed by atoms with Gasteiger partial charge in [-0.3, -0.25) is 4.79 Å². The van der Waals surface area contributed by atoms with Gasteiger partial charge >= 0.3 is 0 Å². The molecular weight excluding hydrogens is 243 g/mol. The van der Waals surface area contributed by atoms with Gasteiger partial charge in [-0.2, -0.15) is 0 Å². The molecule has 1 heterocycles. The van der Waals surface area contributed by atoms with Crippen molar-refractivity contribution < 1.29 is 9.18 Å². The van der Waals surface area contributed by atoms with Gasteiger partial charge in [0.25, 0.3) is 0 Å². The average Bonchev–Trinajstić information content (AvgIpc) is 2.32. The molecular formula is C12H8ClFN2O. The summed E-state index contributed by atoms with van der Waals surface area (Å²) >= 11 is 5.68. The maximum absolute atomic E-state index is 13.4. The quantitative estimate of drug-likeness (QED) is 0.659. The molecule has 1 aromatic heterocycles. The molecule has 0 fully saturated rings. The minimum atomic E-state index is -0.612. The Hall–Kier alpha value is -1.94. The zero-order chi connectivity index (χ0) is 12.4. The SMILES string of the molecule is Nc1ccc(Cl)nc1C(=O)c1ccccc1F. The van der Waals surface area contributed by atoms with Crippen LogP contribution in [-0.4, -0.2) is 10.8 Å². The molecule has 86 valence electrons. The van der Waals surface area contributed by atoms with Gasteiger partial charge in [0.15, 0.2) is 0 Å². The molecule has 0 aliphatic heterocycles. The third kappa shape index (κ3) is 2.26. The second kappa shape index (κ2) is 4.51. The van der Waals surface area contributed by atoms with Gasteiger partial charge in [0, 0.05) is 0 Å². The number of hydrogen-bond acceptors (Lipinski definition) is 3. The summed E-state index contributed by atoms with van der Waals surface area (Å²) in [5.74, 6) is -1.19. The Morgan fingerprint density at radius 1 is 1.24 bits per heavy atom. The Bertz CT molecular complexity index is 586. The Balaban J connectivity index is 2.51. The number of nitrogens with zero attached hydrogens (tertiary/aromatic N) is 1. The maximum Gasteiger partial charge on any atom is 0.216 e. The summed E-state index contributed by atoms with van der Waals surface area (Å²) in [5, 5.41) is 0.138. The van der Waals surface area contributed by atoms with E-state index in [9.17, 15) is 9.18 Å². The molecule has 0 saturated heterocycles. The lowest BCUT2D eigenvalue weighted by molar-refractivity contribution is 0.103. The summed E-state index contributed by atoms with van der Waals surface area (Å²) in [6.45, 7) is 0. The number of carbonyl (C=O) groups is 1. The largest absolute Gasteiger partial charge is 0.397 e. The third-order valence-corrected chi connectivity index (χ3v) is 2.44. The van der Waals surface area contributed by atoms with Gasteiger partial charge in [-0.1, -0.05) is 23.7 Å². The fourth-order valence-electron chi connectivity index (χ4n) is 1.40. The summed E-state index contributed by atoms with van der Waals surface area (Å²) in [4.78, 5) is 15.8. The number of benzene rings is 1. The van der Waals surface area contributed by atoms with Crippen LogP contribution in [0, 0.1) is 5.82 Å². The molecule has 0 spiro atoms. The summed E-state index contributed by atoms with van der Waals surface area (Å²) in [5.41, 5.74) is 5.67. The highest BCUT2D eigenvalue weighted by molar-refractivity contribution is 6.29. The van der Waals surface area contributed by atoms with Crippen molar-refractivity contribution in [2.45, 2.75) is 0 Å². The number of ketones is 1. The molecule has 2 aromatic rings. The van der Waals surface area contributed by atoms with Crippen LogP contribution < -0.4 is 5.73 Å². The molecule has 0 amide bonds. The second-order valence-corrected chi connectivity index (χ2v) is 3.77. The Morgan fingerprint density at radius 2 is 1.94 bits per heavy atom. The number of hydrogen-bond donors (Lipinski definition) is 1. The Labute approximate surface area is 102 Å². The average molecular weight is 251 g/mol. The van der Waals surface area contributed by atoms with Crippen molar-refractivity contribution in [1.29, 1.82) is 0 Å². The minimum Gasteiger partial charge on any atom is -0.397 e. The van der Waals surface area contributed by atoms with E-state index in [4.69, 9.17) is 17.3 Å². The van der Waals surface area contributed by atoms with E-state index in [2.05, 4.69) is 4.98 Å². The standard InChI is InChI=1S/C12H8ClFN2O/c13-10-6-5-9(15)11(16-10)12(17)7-3-1-2-4-8(7)14/h1-6H,15H2. The molecule has 2 rings (SSSR count). The van der Waals surface area contributed by atoms with E-state index in [-0.39, 0.29) is 22.1 Å². The molecule has 3 nitrogen and oxygen atoms in total. The molecule has 0 aliphatic rings. The van der Waals surface area contributed by atoms with Gasteiger partial charge in [-0.15, -0.1) is 0 Å². The van der Waals surface area contributed by atoms with Crippen LogP contribution >= 0.6 is 11.6 Å². The van der Waals surface area contributed by atoms with Crippen LogP contribution in [0.5, 0.6) is 0 Å². The molecule has 2 N–H and O–H groups in total. The van der Waals surface area contributed by atoms with Gasteiger partial charge < -0.3 is 5.73 Å². The molecule has 17 heavy (non-hydrogen) atoms. The lowest BCUT2D eigenvalue weighted by Gasteiger charge is -2.05. The molecule has 0 aliphatic carbocycles. The Kier molecular flexibility index (Phi) is 3.06. The highest BCUT2D eigenvalue weighted by Gasteiger charge is 2.17. The number of carbonyl (C=O) groups excluding carboxylic acids is 1. The molecule has 1 aromatic carbocycles. The lowest BCUT2D eigenvalue weighted by atomic mass is 10.1. The van der Waals surface area contributed by atoms with Crippen LogP contribution in [0.2, 0.25) is 5.15 Å². The van der Waals surface area contributed by atoms with Crippen molar-refractivity contribution in [2.24, 2.45) is 0 Å². The van der Waals surface area contributed by atoms with Crippen molar-refractivity contribution in [3.05, 3.63) is 58.6 Å². The lowest BCUT2D eigenvalue weighted by Crippen LogP contribution is -2.09. The number of aromatic nitrogens is 1. The van der Waals surface area contributed by atoms with Crippen molar-refractivity contribution in [3.8, 4) is 0 Å². The number of rotatable bonds is 2. The maximum atomic E-state index is 13.4. The van der Waals surface area contributed by atoms with E-state index in [0.717, 1.165) is 0 Å². The van der Waals surface area contributed by atoms with Gasteiger partial charge in [-0.25, -0.2) is 9.37 Å². The molecule has 0 unspecified atom stereocenters. The van der Waals surface area contributed by atoms with Gasteiger partial charge in [0.2, 0.25) is 5.78 Å². The summed E-state index contributed by atoms with van der Waals surface area (Å²) in [6, 6.07) is 8.57. The van der Waals surface area contributed by atoms with E-state index in [1.54, 1.807) is 6.07 Å². The van der Waals surface area contributed by atoms with Crippen molar-refractivity contribution in [3.63, 3.8) is 0 Å². The van der Waals surface area contributed by atoms with Gasteiger partial charge in [0.1, 0.15) is 16.7 Å². The first-order valence-electron chi connectivity index (χ1n) is 4.81. The van der Waals surface area contributed by atoms with E-state index < -0.39 is 11.6 Å². The van der Waals surface area contributed by atoms with E-state index in [1.165, 1.54) is 30.3 Å². The van der Waals surface area contributed by atoms with E-state index in [1.807, 2.05) is 0 Å². The monoisotopic (exact) mass is 250 g/mol. The molecule has 0 bridgehead atoms. The highest BCUT2D eigenvalue weighted by Crippen LogP contribution is 2.18. The number of anilines is 1. The number of nitrogens with two attached hydrogens (primary N) is 1. The van der Waals surface area contributed by atoms with Crippen molar-refractivity contribution in [1.82, 2.24) is 4.98 Å². The van der Waals surface area contributed by atoms with E-state index >= 15 is 0 Å². The zero-order valence-electron chi connectivity index (χ0n) is 8.65. The first-order valence-corrected chi connectivity index (χ1v) is 5.18. The number of halogens is 2. The van der Waals surface area contributed by atoms with Crippen LogP contribution in [0.4, 0.5) is 10.1 Å².